The lowest BCUT2D eigenvalue weighted by molar-refractivity contribution is -0.158. The van der Waals surface area contributed by atoms with Gasteiger partial charge < -0.3 is 19.7 Å². The summed E-state index contributed by atoms with van der Waals surface area (Å²) in [4.78, 5) is 0. The summed E-state index contributed by atoms with van der Waals surface area (Å²) < 4.78 is 14.8. The van der Waals surface area contributed by atoms with Crippen LogP contribution in [0.25, 0.3) is 0 Å². The highest BCUT2D eigenvalue weighted by Crippen LogP contribution is 2.71. The first kappa shape index (κ1) is 49.7. The summed E-state index contributed by atoms with van der Waals surface area (Å²) in [5, 5.41) is 22.3. The number of aliphatic hydroxyl groups is 2. The summed E-state index contributed by atoms with van der Waals surface area (Å²) in [5.41, 5.74) is 2.92. The predicted molar refractivity (Wildman–Crippen MR) is 273 cm³/mol. The van der Waals surface area contributed by atoms with Crippen LogP contribution in [0.5, 0.6) is 11.5 Å². The Morgan fingerprint density at radius 2 is 0.894 bits per heavy atom. The minimum atomic E-state index is -0.0694. The molecule has 18 atom stereocenters. The van der Waals surface area contributed by atoms with Crippen molar-refractivity contribution in [2.24, 2.45) is 105 Å². The number of ether oxygens (including phenoxy) is 2. The summed E-state index contributed by atoms with van der Waals surface area (Å²) in [5.74, 6) is 12.8. The average molecular weight is 911 g/mol. The molecule has 8 fully saturated rings. The predicted octanol–water partition coefficient (Wildman–Crippen LogP) is 16.4. The van der Waals surface area contributed by atoms with E-state index in [0.717, 1.165) is 94.6 Å². The Kier molecular flexibility index (Phi) is 14.9. The van der Waals surface area contributed by atoms with Gasteiger partial charge in [0.05, 0.1) is 13.2 Å². The van der Waals surface area contributed by atoms with Crippen molar-refractivity contribution in [2.45, 2.75) is 249 Å². The molecule has 4 heteroatoms. The van der Waals surface area contributed by atoms with Crippen LogP contribution in [0.2, 0.25) is 0 Å². The van der Waals surface area contributed by atoms with Crippen molar-refractivity contribution in [1.29, 1.82) is 0 Å². The average Bonchev–Trinajstić information content (AvgIpc) is 3.83. The number of rotatable bonds is 16. The lowest BCUT2D eigenvalue weighted by atomic mass is 9.44. The van der Waals surface area contributed by atoms with Crippen molar-refractivity contribution in [3.63, 3.8) is 0 Å². The van der Waals surface area contributed by atoms with Gasteiger partial charge in [-0.05, 0) is 221 Å². The molecule has 0 amide bonds. The number of fused-ring (bicyclic) bond motifs is 10. The normalized spacial score (nSPS) is 43.8. The molecule has 9 rings (SSSR count). The first-order valence-corrected chi connectivity index (χ1v) is 29.3. The van der Waals surface area contributed by atoms with Crippen LogP contribution in [0.1, 0.15) is 234 Å². The Hall–Kier alpha value is -1.26. The molecule has 0 aromatic heterocycles. The number of benzene rings is 1. The van der Waals surface area contributed by atoms with Gasteiger partial charge in [0, 0.05) is 22.0 Å². The Morgan fingerprint density at radius 1 is 0.485 bits per heavy atom. The van der Waals surface area contributed by atoms with Crippen LogP contribution in [0.3, 0.4) is 0 Å². The maximum atomic E-state index is 11.1. The van der Waals surface area contributed by atoms with Crippen molar-refractivity contribution in [2.75, 3.05) is 0 Å². The van der Waals surface area contributed by atoms with E-state index in [2.05, 4.69) is 81.4 Å². The second-order valence-electron chi connectivity index (χ2n) is 27.6. The zero-order valence-corrected chi connectivity index (χ0v) is 44.5. The Labute approximate surface area is 406 Å². The minimum Gasteiger partial charge on any atom is -0.489 e. The first-order chi connectivity index (χ1) is 31.6. The summed E-state index contributed by atoms with van der Waals surface area (Å²) in [6, 6.07) is 4.21. The molecule has 1 aromatic rings. The van der Waals surface area contributed by atoms with E-state index in [4.69, 9.17) is 9.47 Å². The molecule has 0 saturated heterocycles. The molecule has 4 unspecified atom stereocenters. The summed E-state index contributed by atoms with van der Waals surface area (Å²) in [7, 11) is 0. The smallest absolute Gasteiger partial charge is 0.125 e. The minimum absolute atomic E-state index is 0.0694. The molecule has 66 heavy (non-hydrogen) atoms. The van der Waals surface area contributed by atoms with Gasteiger partial charge in [-0.2, -0.15) is 0 Å². The third kappa shape index (κ3) is 8.60. The molecular formula is C62H102O4. The lowest BCUT2D eigenvalue weighted by Gasteiger charge is -2.62. The first-order valence-electron chi connectivity index (χ1n) is 29.3. The second kappa shape index (κ2) is 19.7. The van der Waals surface area contributed by atoms with Crippen LogP contribution < -0.4 is 9.47 Å². The molecule has 0 heterocycles. The molecule has 374 valence electrons. The maximum absolute atomic E-state index is 11.1. The highest BCUT2D eigenvalue weighted by atomic mass is 16.5. The van der Waals surface area contributed by atoms with Crippen LogP contribution in [-0.2, 0) is 13.2 Å². The molecule has 0 bridgehead atoms. The zero-order valence-electron chi connectivity index (χ0n) is 44.5. The number of hydrogen-bond donors (Lipinski definition) is 2. The van der Waals surface area contributed by atoms with Crippen LogP contribution in [0.15, 0.2) is 12.1 Å². The van der Waals surface area contributed by atoms with Gasteiger partial charge in [0.2, 0.25) is 0 Å². The van der Waals surface area contributed by atoms with Crippen molar-refractivity contribution in [3.05, 3.63) is 23.3 Å². The molecule has 2 N–H and O–H groups in total. The molecule has 8 saturated carbocycles. The highest BCUT2D eigenvalue weighted by Gasteiger charge is 2.64. The standard InChI is InChI=1S/C62H102O4/c1-39(2)15-11-17-41(5)49-27-29-51-47-25-23-45-19-13-21-57(61(45,9)53(47)31-33-59(49,51)7)65-55-35-44(38-64)56(36-43(55)37-63)66-58-22-14-20-46-24-26-48-52-30-28-50(42(6)18-12-16-40(3)4)60(52,8)34-32-54(48)62(46,58)10/h35-36,39-42,45-54,57-58,63-64H,11-34,37-38H2,1-10H3/t41-,42-,45?,46?,47+,48+,49-,50-,51+,52+,53+,54+,57?,58?,59-,60-,61+,62+/m1/s1. The van der Waals surface area contributed by atoms with E-state index in [1.165, 1.54) is 141 Å². The van der Waals surface area contributed by atoms with E-state index in [-0.39, 0.29) is 36.3 Å². The topological polar surface area (TPSA) is 58.9 Å². The SMILES string of the molecule is CC(C)CCC[C@@H](C)[C@H]1CC[C@H]2[C@@H]3CCC4CCCC(Oc5cc(CO)c(OC6CCCC7CC[C@@H]8[C@H](CC[C@]9(C)[C@@H]([C@H](C)CCCC(C)C)CC[C@@H]89)[C@]76C)cc5CO)[C@]4(C)[C@H]3CC[C@]12C. The van der Waals surface area contributed by atoms with E-state index in [9.17, 15) is 10.2 Å². The summed E-state index contributed by atoms with van der Waals surface area (Å²) in [6.45, 7) is 25.4. The van der Waals surface area contributed by atoms with Crippen LogP contribution in [-0.4, -0.2) is 22.4 Å². The van der Waals surface area contributed by atoms with Gasteiger partial charge in [0.15, 0.2) is 0 Å². The molecule has 1 aromatic carbocycles. The fraction of sp³-hybridized carbons (Fsp3) is 0.903. The fourth-order valence-corrected chi connectivity index (χ4v) is 20.4. The molecule has 0 aliphatic heterocycles. The molecule has 0 spiro atoms. The summed E-state index contributed by atoms with van der Waals surface area (Å²) >= 11 is 0. The Bertz CT molecular complexity index is 1660. The third-order valence-electron chi connectivity index (χ3n) is 23.9. The van der Waals surface area contributed by atoms with Gasteiger partial charge in [0.25, 0.3) is 0 Å². The zero-order chi connectivity index (χ0) is 46.8. The van der Waals surface area contributed by atoms with E-state index in [1.54, 1.807) is 0 Å². The van der Waals surface area contributed by atoms with Gasteiger partial charge in [-0.25, -0.2) is 0 Å². The lowest BCUT2D eigenvalue weighted by Crippen LogP contribution is -2.59. The van der Waals surface area contributed by atoms with E-state index in [1.807, 2.05) is 0 Å². The maximum Gasteiger partial charge on any atom is 0.125 e. The third-order valence-corrected chi connectivity index (χ3v) is 23.9. The van der Waals surface area contributed by atoms with Crippen molar-refractivity contribution < 1.29 is 19.7 Å². The van der Waals surface area contributed by atoms with Crippen molar-refractivity contribution in [1.82, 2.24) is 0 Å². The van der Waals surface area contributed by atoms with Gasteiger partial charge in [-0.1, -0.05) is 108 Å². The number of hydrogen-bond acceptors (Lipinski definition) is 4. The van der Waals surface area contributed by atoms with Gasteiger partial charge in [0.1, 0.15) is 23.7 Å². The van der Waals surface area contributed by atoms with E-state index >= 15 is 0 Å². The number of aliphatic hydroxyl groups excluding tert-OH is 2. The monoisotopic (exact) mass is 911 g/mol. The molecular weight excluding hydrogens is 809 g/mol. The molecule has 8 aliphatic rings. The van der Waals surface area contributed by atoms with Crippen molar-refractivity contribution in [3.8, 4) is 11.5 Å². The quantitative estimate of drug-likeness (QED) is 0.173. The van der Waals surface area contributed by atoms with E-state index < -0.39 is 0 Å². The second-order valence-corrected chi connectivity index (χ2v) is 27.6. The van der Waals surface area contributed by atoms with Crippen LogP contribution in [0, 0.1) is 105 Å². The largest absolute Gasteiger partial charge is 0.489 e. The van der Waals surface area contributed by atoms with Gasteiger partial charge in [-0.3, -0.25) is 0 Å². The van der Waals surface area contributed by atoms with Gasteiger partial charge >= 0.3 is 0 Å². The van der Waals surface area contributed by atoms with Crippen LogP contribution >= 0.6 is 0 Å². The molecule has 0 radical (unpaired) electrons. The Morgan fingerprint density at radius 3 is 1.27 bits per heavy atom. The van der Waals surface area contributed by atoms with Gasteiger partial charge in [-0.15, -0.1) is 0 Å². The molecule has 4 nitrogen and oxygen atoms in total. The van der Waals surface area contributed by atoms with E-state index in [0.29, 0.717) is 34.5 Å². The van der Waals surface area contributed by atoms with Crippen LogP contribution in [0.4, 0.5) is 0 Å². The summed E-state index contributed by atoms with van der Waals surface area (Å²) in [6.07, 6.45) is 32.6. The molecule has 8 aliphatic carbocycles. The highest BCUT2D eigenvalue weighted by molar-refractivity contribution is 5.46. The Balaban J connectivity index is 0.918. The fourth-order valence-electron chi connectivity index (χ4n) is 20.4. The van der Waals surface area contributed by atoms with Crippen molar-refractivity contribution >= 4 is 0 Å².